The summed E-state index contributed by atoms with van der Waals surface area (Å²) in [5, 5.41) is 6.56. The number of nitrogens with zero attached hydrogens (tertiary/aromatic N) is 1. The van der Waals surface area contributed by atoms with E-state index < -0.39 is 0 Å². The van der Waals surface area contributed by atoms with Gasteiger partial charge in [0.05, 0.1) is 31.0 Å². The smallest absolute Gasteiger partial charge is 0.226 e. The van der Waals surface area contributed by atoms with Gasteiger partial charge in [-0.15, -0.1) is 11.3 Å². The van der Waals surface area contributed by atoms with Crippen LogP contribution in [0.2, 0.25) is 0 Å². The number of hydrogen-bond acceptors (Lipinski definition) is 6. The van der Waals surface area contributed by atoms with E-state index in [0.717, 1.165) is 10.4 Å². The van der Waals surface area contributed by atoms with E-state index in [-0.39, 0.29) is 18.4 Å². The van der Waals surface area contributed by atoms with Gasteiger partial charge in [0, 0.05) is 10.8 Å². The molecule has 144 valence electrons. The number of fused-ring (bicyclic) bond motifs is 1. The van der Waals surface area contributed by atoms with Gasteiger partial charge in [0.15, 0.2) is 22.1 Å². The number of para-hydroxylation sites is 1. The molecule has 3 aromatic heterocycles. The Bertz CT molecular complexity index is 1080. The summed E-state index contributed by atoms with van der Waals surface area (Å²) in [6, 6.07) is 11.1. The molecule has 0 saturated carbocycles. The zero-order chi connectivity index (χ0) is 19.5. The highest BCUT2D eigenvalue weighted by molar-refractivity contribution is 7.13. The van der Waals surface area contributed by atoms with E-state index in [2.05, 4.69) is 10.3 Å². The van der Waals surface area contributed by atoms with Crippen LogP contribution in [0.3, 0.4) is 0 Å². The van der Waals surface area contributed by atoms with Gasteiger partial charge in [-0.2, -0.15) is 0 Å². The SMILES string of the molecule is CCOc1cccc2cc(C(C)NC(=O)Cc3csc(-c4ccco4)n3)oc12. The third-order valence-corrected chi connectivity index (χ3v) is 5.16. The summed E-state index contributed by atoms with van der Waals surface area (Å²) >= 11 is 1.46. The predicted octanol–water partition coefficient (Wildman–Crippen LogP) is 4.97. The number of ether oxygens (including phenoxy) is 1. The maximum Gasteiger partial charge on any atom is 0.226 e. The lowest BCUT2D eigenvalue weighted by Gasteiger charge is -2.10. The fraction of sp³-hybridized carbons (Fsp3) is 0.238. The Morgan fingerprint density at radius 2 is 2.21 bits per heavy atom. The average molecular weight is 396 g/mol. The molecule has 4 rings (SSSR count). The topological polar surface area (TPSA) is 77.5 Å². The van der Waals surface area contributed by atoms with E-state index in [1.807, 2.05) is 55.6 Å². The van der Waals surface area contributed by atoms with Crippen molar-refractivity contribution in [3.8, 4) is 16.5 Å². The normalized spacial score (nSPS) is 12.2. The van der Waals surface area contributed by atoms with Crippen molar-refractivity contribution in [1.82, 2.24) is 10.3 Å². The van der Waals surface area contributed by atoms with E-state index in [4.69, 9.17) is 13.6 Å². The van der Waals surface area contributed by atoms with Crippen molar-refractivity contribution in [3.63, 3.8) is 0 Å². The molecule has 7 heteroatoms. The Morgan fingerprint density at radius 3 is 3.00 bits per heavy atom. The van der Waals surface area contributed by atoms with E-state index in [0.29, 0.717) is 35.2 Å². The van der Waals surface area contributed by atoms with E-state index in [9.17, 15) is 4.79 Å². The summed E-state index contributed by atoms with van der Waals surface area (Å²) < 4.78 is 16.9. The summed E-state index contributed by atoms with van der Waals surface area (Å²) in [6.45, 7) is 4.39. The van der Waals surface area contributed by atoms with Crippen LogP contribution >= 0.6 is 11.3 Å². The Hall–Kier alpha value is -3.06. The number of rotatable bonds is 7. The van der Waals surface area contributed by atoms with Crippen LogP contribution < -0.4 is 10.1 Å². The summed E-state index contributed by atoms with van der Waals surface area (Å²) in [5.74, 6) is 1.98. The Morgan fingerprint density at radius 1 is 1.32 bits per heavy atom. The number of hydrogen-bond donors (Lipinski definition) is 1. The predicted molar refractivity (Wildman–Crippen MR) is 107 cm³/mol. The Balaban J connectivity index is 1.43. The lowest BCUT2D eigenvalue weighted by Crippen LogP contribution is -2.27. The van der Waals surface area contributed by atoms with Crippen LogP contribution in [0.4, 0.5) is 0 Å². The zero-order valence-electron chi connectivity index (χ0n) is 15.6. The zero-order valence-corrected chi connectivity index (χ0v) is 16.4. The van der Waals surface area contributed by atoms with Crippen LogP contribution in [0.25, 0.3) is 21.7 Å². The molecule has 0 aliphatic carbocycles. The molecule has 0 aliphatic heterocycles. The van der Waals surface area contributed by atoms with Gasteiger partial charge in [-0.05, 0) is 38.1 Å². The van der Waals surface area contributed by atoms with E-state index in [1.54, 1.807) is 6.26 Å². The van der Waals surface area contributed by atoms with E-state index in [1.165, 1.54) is 11.3 Å². The number of thiazole rings is 1. The number of amides is 1. The molecule has 0 spiro atoms. The lowest BCUT2D eigenvalue weighted by atomic mass is 10.2. The molecule has 3 heterocycles. The molecule has 28 heavy (non-hydrogen) atoms. The van der Waals surface area contributed by atoms with Crippen molar-refractivity contribution in [1.29, 1.82) is 0 Å². The van der Waals surface area contributed by atoms with Crippen LogP contribution in [0.1, 0.15) is 31.3 Å². The maximum atomic E-state index is 12.4. The third-order valence-electron chi connectivity index (χ3n) is 4.26. The highest BCUT2D eigenvalue weighted by Crippen LogP contribution is 2.31. The van der Waals surface area contributed by atoms with Crippen molar-refractivity contribution >= 4 is 28.2 Å². The van der Waals surface area contributed by atoms with Gasteiger partial charge in [-0.3, -0.25) is 4.79 Å². The van der Waals surface area contributed by atoms with Crippen LogP contribution in [0.5, 0.6) is 5.75 Å². The first-order chi connectivity index (χ1) is 13.6. The molecule has 1 unspecified atom stereocenters. The number of carbonyl (C=O) groups excluding carboxylic acids is 1. The van der Waals surface area contributed by atoms with Gasteiger partial charge >= 0.3 is 0 Å². The molecule has 1 atom stereocenters. The van der Waals surface area contributed by atoms with E-state index >= 15 is 0 Å². The van der Waals surface area contributed by atoms with Crippen molar-refractivity contribution in [2.45, 2.75) is 26.3 Å². The highest BCUT2D eigenvalue weighted by Gasteiger charge is 2.17. The molecule has 6 nitrogen and oxygen atoms in total. The molecular weight excluding hydrogens is 376 g/mol. The standard InChI is InChI=1S/C21H20N2O4S/c1-3-25-16-7-4-6-14-10-18(27-20(14)16)13(2)22-19(24)11-15-12-28-21(23-15)17-8-5-9-26-17/h4-10,12-13H,3,11H2,1-2H3,(H,22,24). The van der Waals surface area contributed by atoms with Gasteiger partial charge in [0.2, 0.25) is 5.91 Å². The molecule has 4 aromatic rings. The molecule has 1 amide bonds. The Kier molecular flexibility index (Phi) is 5.16. The first kappa shape index (κ1) is 18.3. The first-order valence-electron chi connectivity index (χ1n) is 9.07. The maximum absolute atomic E-state index is 12.4. The monoisotopic (exact) mass is 396 g/mol. The average Bonchev–Trinajstić information content (AvgIpc) is 3.42. The van der Waals surface area contributed by atoms with Gasteiger partial charge in [-0.1, -0.05) is 12.1 Å². The third kappa shape index (κ3) is 3.80. The van der Waals surface area contributed by atoms with Crippen molar-refractivity contribution in [2.75, 3.05) is 6.61 Å². The van der Waals surface area contributed by atoms with Gasteiger partial charge in [0.25, 0.3) is 0 Å². The molecular formula is C21H20N2O4S. The molecule has 0 fully saturated rings. The quantitative estimate of drug-likeness (QED) is 0.477. The second-order valence-electron chi connectivity index (χ2n) is 6.34. The second-order valence-corrected chi connectivity index (χ2v) is 7.20. The number of aromatic nitrogens is 1. The van der Waals surface area contributed by atoms with Gasteiger partial charge in [0.1, 0.15) is 5.76 Å². The minimum absolute atomic E-state index is 0.116. The largest absolute Gasteiger partial charge is 0.490 e. The summed E-state index contributed by atoms with van der Waals surface area (Å²) in [5.41, 5.74) is 1.41. The number of furan rings is 2. The molecule has 0 saturated heterocycles. The minimum Gasteiger partial charge on any atom is -0.490 e. The number of benzene rings is 1. The first-order valence-corrected chi connectivity index (χ1v) is 9.95. The van der Waals surface area contributed by atoms with Crippen molar-refractivity contribution in [3.05, 3.63) is 59.5 Å². The summed E-state index contributed by atoms with van der Waals surface area (Å²) in [4.78, 5) is 16.9. The minimum atomic E-state index is -0.266. The number of nitrogens with one attached hydrogen (secondary N) is 1. The van der Waals surface area contributed by atoms with Crippen LogP contribution in [-0.2, 0) is 11.2 Å². The van der Waals surface area contributed by atoms with Crippen molar-refractivity contribution < 1.29 is 18.4 Å². The number of carbonyl (C=O) groups is 1. The van der Waals surface area contributed by atoms with Gasteiger partial charge < -0.3 is 18.9 Å². The van der Waals surface area contributed by atoms with Crippen LogP contribution in [0, 0.1) is 0 Å². The van der Waals surface area contributed by atoms with Crippen LogP contribution in [-0.4, -0.2) is 17.5 Å². The van der Waals surface area contributed by atoms with Crippen LogP contribution in [0.15, 0.2) is 56.9 Å². The summed E-state index contributed by atoms with van der Waals surface area (Å²) in [7, 11) is 0. The highest BCUT2D eigenvalue weighted by atomic mass is 32.1. The molecule has 0 bridgehead atoms. The molecule has 0 radical (unpaired) electrons. The van der Waals surface area contributed by atoms with Crippen molar-refractivity contribution in [2.24, 2.45) is 0 Å². The van der Waals surface area contributed by atoms with Gasteiger partial charge in [-0.25, -0.2) is 4.98 Å². The summed E-state index contributed by atoms with van der Waals surface area (Å²) in [6.07, 6.45) is 1.81. The lowest BCUT2D eigenvalue weighted by molar-refractivity contribution is -0.121. The fourth-order valence-corrected chi connectivity index (χ4v) is 3.75. The fourth-order valence-electron chi connectivity index (χ4n) is 2.97. The molecule has 0 aliphatic rings. The second kappa shape index (κ2) is 7.90. The Labute approximate surface area is 166 Å². The molecule has 1 aromatic carbocycles. The molecule has 1 N–H and O–H groups in total.